The second kappa shape index (κ2) is 4.91. The van der Waals surface area contributed by atoms with Crippen LogP contribution in [0.3, 0.4) is 0 Å². The highest BCUT2D eigenvalue weighted by Gasteiger charge is 2.35. The Morgan fingerprint density at radius 1 is 1.33 bits per heavy atom. The van der Waals surface area contributed by atoms with Crippen LogP contribution >= 0.6 is 0 Å². The van der Waals surface area contributed by atoms with Crippen molar-refractivity contribution in [3.63, 3.8) is 0 Å². The summed E-state index contributed by atoms with van der Waals surface area (Å²) in [6.07, 6.45) is 6.57. The van der Waals surface area contributed by atoms with E-state index in [9.17, 15) is 0 Å². The van der Waals surface area contributed by atoms with E-state index in [2.05, 4.69) is 26.5 Å². The van der Waals surface area contributed by atoms with Gasteiger partial charge in [-0.05, 0) is 31.9 Å². The van der Waals surface area contributed by atoms with Gasteiger partial charge in [-0.1, -0.05) is 6.42 Å². The summed E-state index contributed by atoms with van der Waals surface area (Å²) in [6.45, 7) is 2.37. The molecule has 0 amide bonds. The normalized spacial score (nSPS) is 27.5. The van der Waals surface area contributed by atoms with Gasteiger partial charge in [0.25, 0.3) is 0 Å². The van der Waals surface area contributed by atoms with Crippen LogP contribution in [-0.2, 0) is 0 Å². The lowest BCUT2D eigenvalue weighted by Crippen LogP contribution is -2.42. The van der Waals surface area contributed by atoms with Crippen LogP contribution in [0.4, 0.5) is 5.82 Å². The molecule has 2 fully saturated rings. The number of piperidine rings is 1. The largest absolute Gasteiger partial charge is 0.363 e. The molecule has 1 aromatic heterocycles. The van der Waals surface area contributed by atoms with Gasteiger partial charge < -0.3 is 5.32 Å². The maximum atomic E-state index is 9.06. The fourth-order valence-corrected chi connectivity index (χ4v) is 3.12. The first-order valence-corrected chi connectivity index (χ1v) is 6.61. The number of nitrogens with zero attached hydrogens (tertiary/aromatic N) is 4. The molecule has 0 bridgehead atoms. The molecule has 2 aliphatic heterocycles. The molecule has 2 atom stereocenters. The molecule has 2 saturated heterocycles. The van der Waals surface area contributed by atoms with Crippen molar-refractivity contribution < 1.29 is 0 Å². The Bertz CT molecular complexity index is 467. The number of fused-ring (bicyclic) bond motifs is 1. The van der Waals surface area contributed by atoms with E-state index in [1.807, 2.05) is 0 Å². The lowest BCUT2D eigenvalue weighted by atomic mass is 9.99. The Balaban J connectivity index is 1.75. The number of nitriles is 1. The van der Waals surface area contributed by atoms with Gasteiger partial charge in [0.15, 0.2) is 5.82 Å². The smallest absolute Gasteiger partial charge is 0.166 e. The summed E-state index contributed by atoms with van der Waals surface area (Å²) < 4.78 is 0. The molecule has 94 valence electrons. The lowest BCUT2D eigenvalue weighted by Gasteiger charge is -2.32. The highest BCUT2D eigenvalue weighted by atomic mass is 15.3. The molecule has 0 spiro atoms. The Labute approximate surface area is 107 Å². The molecule has 1 N–H and O–H groups in total. The maximum Gasteiger partial charge on any atom is 0.166 e. The minimum Gasteiger partial charge on any atom is -0.363 e. The van der Waals surface area contributed by atoms with Crippen molar-refractivity contribution in [2.24, 2.45) is 0 Å². The predicted octanol–water partition coefficient (Wildman–Crippen LogP) is 1.39. The first-order chi connectivity index (χ1) is 8.88. The molecule has 2 unspecified atom stereocenters. The van der Waals surface area contributed by atoms with Crippen molar-refractivity contribution in [2.75, 3.05) is 18.4 Å². The van der Waals surface area contributed by atoms with Gasteiger partial charge in [-0.2, -0.15) is 10.4 Å². The zero-order valence-electron chi connectivity index (χ0n) is 10.3. The Morgan fingerprint density at radius 3 is 3.17 bits per heavy atom. The van der Waals surface area contributed by atoms with Gasteiger partial charge in [0.1, 0.15) is 6.07 Å². The number of anilines is 1. The zero-order chi connectivity index (χ0) is 12.4. The molecule has 5 heteroatoms. The third kappa shape index (κ3) is 2.04. The van der Waals surface area contributed by atoms with Gasteiger partial charge in [-0.3, -0.25) is 4.90 Å². The lowest BCUT2D eigenvalue weighted by molar-refractivity contribution is 0.192. The van der Waals surface area contributed by atoms with E-state index in [0.717, 1.165) is 13.0 Å². The highest BCUT2D eigenvalue weighted by molar-refractivity contribution is 5.51. The molecule has 2 aliphatic rings. The summed E-state index contributed by atoms with van der Waals surface area (Å²) in [4.78, 5) is 2.56. The van der Waals surface area contributed by atoms with Crippen LogP contribution in [0.5, 0.6) is 0 Å². The Kier molecular flexibility index (Phi) is 3.11. The molecule has 3 heterocycles. The number of hydrogen-bond donors (Lipinski definition) is 1. The molecule has 0 aromatic carbocycles. The first-order valence-electron chi connectivity index (χ1n) is 6.61. The zero-order valence-corrected chi connectivity index (χ0v) is 10.3. The van der Waals surface area contributed by atoms with E-state index in [1.165, 1.54) is 25.8 Å². The van der Waals surface area contributed by atoms with Crippen LogP contribution in [0.1, 0.15) is 31.2 Å². The van der Waals surface area contributed by atoms with Gasteiger partial charge in [-0.15, -0.1) is 5.10 Å². The third-order valence-corrected chi connectivity index (χ3v) is 4.02. The summed E-state index contributed by atoms with van der Waals surface area (Å²) in [6, 6.07) is 4.89. The van der Waals surface area contributed by atoms with Crippen molar-refractivity contribution in [3.05, 3.63) is 17.8 Å². The summed E-state index contributed by atoms with van der Waals surface area (Å²) in [5.74, 6) is 0.637. The molecule has 3 rings (SSSR count). The molecular formula is C13H17N5. The van der Waals surface area contributed by atoms with Gasteiger partial charge in [0.05, 0.1) is 11.8 Å². The summed E-state index contributed by atoms with van der Waals surface area (Å²) in [5.41, 5.74) is 0.583. The molecule has 0 radical (unpaired) electrons. The van der Waals surface area contributed by atoms with Gasteiger partial charge in [0.2, 0.25) is 0 Å². The van der Waals surface area contributed by atoms with Crippen molar-refractivity contribution in [1.29, 1.82) is 5.26 Å². The minimum atomic E-state index is 0.411. The van der Waals surface area contributed by atoms with Crippen LogP contribution in [0.15, 0.2) is 12.3 Å². The van der Waals surface area contributed by atoms with E-state index in [-0.39, 0.29) is 0 Å². The predicted molar refractivity (Wildman–Crippen MR) is 68.0 cm³/mol. The molecule has 0 aliphatic carbocycles. The van der Waals surface area contributed by atoms with Crippen molar-refractivity contribution >= 4 is 5.82 Å². The van der Waals surface area contributed by atoms with Gasteiger partial charge >= 0.3 is 0 Å². The van der Waals surface area contributed by atoms with Crippen molar-refractivity contribution in [2.45, 2.75) is 37.8 Å². The van der Waals surface area contributed by atoms with Crippen LogP contribution in [0.2, 0.25) is 0 Å². The Hall–Kier alpha value is -1.67. The van der Waals surface area contributed by atoms with E-state index < -0.39 is 0 Å². The second-order valence-electron chi connectivity index (χ2n) is 5.04. The van der Waals surface area contributed by atoms with Crippen molar-refractivity contribution in [1.82, 2.24) is 15.1 Å². The van der Waals surface area contributed by atoms with E-state index >= 15 is 0 Å². The SMILES string of the molecule is N#Cc1ccnnc1NC1CCN2CCCCC12. The fourth-order valence-electron chi connectivity index (χ4n) is 3.12. The number of rotatable bonds is 2. The molecule has 5 nitrogen and oxygen atoms in total. The monoisotopic (exact) mass is 243 g/mol. The standard InChI is InChI=1S/C13H17N5/c14-9-10-4-6-15-17-13(10)16-11-5-8-18-7-2-1-3-12(11)18/h4,6,11-12H,1-3,5,7-8H2,(H,16,17). The summed E-state index contributed by atoms with van der Waals surface area (Å²) in [7, 11) is 0. The second-order valence-corrected chi connectivity index (χ2v) is 5.04. The minimum absolute atomic E-state index is 0.411. The summed E-state index contributed by atoms with van der Waals surface area (Å²) >= 11 is 0. The number of nitrogens with one attached hydrogen (secondary N) is 1. The topological polar surface area (TPSA) is 64.8 Å². The van der Waals surface area contributed by atoms with E-state index in [1.54, 1.807) is 12.3 Å². The maximum absolute atomic E-state index is 9.06. The Morgan fingerprint density at radius 2 is 2.28 bits per heavy atom. The fraction of sp³-hybridized carbons (Fsp3) is 0.615. The third-order valence-electron chi connectivity index (χ3n) is 4.02. The van der Waals surface area contributed by atoms with E-state index in [4.69, 9.17) is 5.26 Å². The molecule has 1 aromatic rings. The highest BCUT2D eigenvalue weighted by Crippen LogP contribution is 2.29. The van der Waals surface area contributed by atoms with Crippen LogP contribution in [0.25, 0.3) is 0 Å². The molecule has 18 heavy (non-hydrogen) atoms. The average molecular weight is 243 g/mol. The summed E-state index contributed by atoms with van der Waals surface area (Å²) in [5, 5.41) is 20.4. The van der Waals surface area contributed by atoms with Gasteiger partial charge in [-0.25, -0.2) is 0 Å². The van der Waals surface area contributed by atoms with Crippen molar-refractivity contribution in [3.8, 4) is 6.07 Å². The van der Waals surface area contributed by atoms with Crippen LogP contribution in [-0.4, -0.2) is 40.3 Å². The number of aromatic nitrogens is 2. The van der Waals surface area contributed by atoms with Crippen LogP contribution in [0, 0.1) is 11.3 Å². The van der Waals surface area contributed by atoms with E-state index in [0.29, 0.717) is 23.5 Å². The average Bonchev–Trinajstić information content (AvgIpc) is 2.83. The van der Waals surface area contributed by atoms with Gasteiger partial charge in [0, 0.05) is 18.6 Å². The molecular weight excluding hydrogens is 226 g/mol. The van der Waals surface area contributed by atoms with Crippen LogP contribution < -0.4 is 5.32 Å². The number of hydrogen-bond acceptors (Lipinski definition) is 5. The first kappa shape index (κ1) is 11.4. The quantitative estimate of drug-likeness (QED) is 0.850. The molecule has 0 saturated carbocycles.